The number of carbonyl (C=O) groups excluding carboxylic acids is 1. The predicted molar refractivity (Wildman–Crippen MR) is 148 cm³/mol. The van der Waals surface area contributed by atoms with E-state index in [2.05, 4.69) is 11.7 Å². The maximum atomic E-state index is 13.5. The van der Waals surface area contributed by atoms with Gasteiger partial charge in [0.25, 0.3) is 5.56 Å². The van der Waals surface area contributed by atoms with Gasteiger partial charge in [-0.15, -0.1) is 6.58 Å². The molecule has 0 spiro atoms. The van der Waals surface area contributed by atoms with E-state index in [1.807, 2.05) is 31.2 Å². The molecule has 1 heterocycles. The first-order valence-corrected chi connectivity index (χ1v) is 13.2. The summed E-state index contributed by atoms with van der Waals surface area (Å²) in [5.41, 5.74) is 2.01. The molecule has 0 aliphatic heterocycles. The summed E-state index contributed by atoms with van der Waals surface area (Å²) in [6, 6.07) is 11.1. The average molecular weight is 518 g/mol. The van der Waals surface area contributed by atoms with Crippen molar-refractivity contribution in [3.8, 4) is 11.5 Å². The molecule has 0 unspecified atom stereocenters. The molecule has 0 amide bonds. The second-order valence-corrected chi connectivity index (χ2v) is 9.40. The van der Waals surface area contributed by atoms with Gasteiger partial charge < -0.3 is 14.2 Å². The van der Waals surface area contributed by atoms with Gasteiger partial charge in [-0.3, -0.25) is 4.79 Å². The summed E-state index contributed by atoms with van der Waals surface area (Å²) in [6.45, 7) is 7.75. The van der Waals surface area contributed by atoms with Gasteiger partial charge in [0, 0.05) is 11.5 Å². The lowest BCUT2D eigenvalue weighted by molar-refractivity contribution is -0.147. The van der Waals surface area contributed by atoms with Gasteiger partial charge in [0.2, 0.25) is 0 Å². The number of ether oxygens (including phenoxy) is 3. The lowest BCUT2D eigenvalue weighted by atomic mass is 9.88. The van der Waals surface area contributed by atoms with Crippen molar-refractivity contribution in [2.24, 2.45) is 5.10 Å². The third-order valence-corrected chi connectivity index (χ3v) is 6.72. The Labute approximate surface area is 222 Å². The zero-order valence-electron chi connectivity index (χ0n) is 22.3. The van der Waals surface area contributed by atoms with Crippen LogP contribution in [0.5, 0.6) is 11.5 Å². The molecule has 1 aromatic heterocycles. The van der Waals surface area contributed by atoms with Crippen LogP contribution < -0.4 is 15.0 Å². The number of benzene rings is 2. The van der Waals surface area contributed by atoms with Crippen LogP contribution in [0, 0.1) is 0 Å². The molecule has 1 saturated carbocycles. The minimum Gasteiger partial charge on any atom is -0.490 e. The first-order valence-electron chi connectivity index (χ1n) is 13.2. The summed E-state index contributed by atoms with van der Waals surface area (Å²) in [5.74, 6) is 1.33. The van der Waals surface area contributed by atoms with Gasteiger partial charge in [-0.25, -0.2) is 9.78 Å². The van der Waals surface area contributed by atoms with E-state index in [0.717, 1.165) is 36.8 Å². The van der Waals surface area contributed by atoms with Crippen LogP contribution in [0.15, 0.2) is 58.9 Å². The average Bonchev–Trinajstić information content (AvgIpc) is 2.94. The molecule has 1 aliphatic rings. The molecule has 3 aromatic rings. The van der Waals surface area contributed by atoms with Gasteiger partial charge in [0.05, 0.1) is 30.8 Å². The highest BCUT2D eigenvalue weighted by atomic mass is 16.6. The molecule has 0 radical (unpaired) electrons. The highest BCUT2D eigenvalue weighted by molar-refractivity contribution is 5.82. The number of esters is 1. The van der Waals surface area contributed by atoms with Crippen LogP contribution in [-0.4, -0.2) is 41.7 Å². The molecule has 38 heavy (non-hydrogen) atoms. The normalized spacial score (nSPS) is 14.9. The van der Waals surface area contributed by atoms with Gasteiger partial charge in [-0.1, -0.05) is 37.5 Å². The fourth-order valence-electron chi connectivity index (χ4n) is 4.85. The van der Waals surface area contributed by atoms with Crippen molar-refractivity contribution in [1.29, 1.82) is 0 Å². The first-order chi connectivity index (χ1) is 18.5. The Hall–Kier alpha value is -3.94. The molecule has 8 nitrogen and oxygen atoms in total. The van der Waals surface area contributed by atoms with E-state index in [-0.39, 0.29) is 11.5 Å². The van der Waals surface area contributed by atoms with E-state index in [4.69, 9.17) is 19.2 Å². The van der Waals surface area contributed by atoms with Crippen molar-refractivity contribution in [3.05, 3.63) is 76.4 Å². The van der Waals surface area contributed by atoms with Crippen molar-refractivity contribution in [2.45, 2.75) is 64.4 Å². The number of allylic oxidation sites excluding steroid dienone is 1. The molecule has 4 rings (SSSR count). The fourth-order valence-corrected chi connectivity index (χ4v) is 4.85. The molecule has 1 fully saturated rings. The van der Waals surface area contributed by atoms with Crippen LogP contribution in [0.4, 0.5) is 0 Å². The Morgan fingerprint density at radius 1 is 1.24 bits per heavy atom. The zero-order valence-corrected chi connectivity index (χ0v) is 22.3. The number of methoxy groups -OCH3 is 1. The molecule has 2 aromatic carbocycles. The molecule has 200 valence electrons. The lowest BCUT2D eigenvalue weighted by Crippen LogP contribution is -2.26. The number of carbonyl (C=O) groups is 1. The van der Waals surface area contributed by atoms with Crippen molar-refractivity contribution < 1.29 is 19.0 Å². The van der Waals surface area contributed by atoms with Crippen LogP contribution in [0.1, 0.15) is 68.8 Å². The standard InChI is InChI=1S/C30H35N3O5/c1-5-12-23-17-21(18-26(37-6-2)27(23)38-20(3)30(35)36-4)19-31-33-28(22-13-8-7-9-14-22)32-25-16-11-10-15-24(25)29(33)34/h5,10-11,15-20,22H,1,6-9,12-14H2,2-4H3/t20-/m0/s1. The van der Waals surface area contributed by atoms with Crippen LogP contribution >= 0.6 is 0 Å². The van der Waals surface area contributed by atoms with E-state index < -0.39 is 12.1 Å². The minimum absolute atomic E-state index is 0.184. The second-order valence-electron chi connectivity index (χ2n) is 9.40. The molecule has 1 atom stereocenters. The molecule has 0 bridgehead atoms. The van der Waals surface area contributed by atoms with E-state index in [1.54, 1.807) is 31.3 Å². The van der Waals surface area contributed by atoms with E-state index in [1.165, 1.54) is 18.2 Å². The molecule has 0 saturated heterocycles. The van der Waals surface area contributed by atoms with Gasteiger partial charge >= 0.3 is 5.97 Å². The van der Waals surface area contributed by atoms with E-state index in [9.17, 15) is 9.59 Å². The number of rotatable bonds is 10. The highest BCUT2D eigenvalue weighted by Crippen LogP contribution is 2.35. The summed E-state index contributed by atoms with van der Waals surface area (Å²) in [7, 11) is 1.32. The minimum atomic E-state index is -0.817. The summed E-state index contributed by atoms with van der Waals surface area (Å²) in [6.07, 6.45) is 8.47. The summed E-state index contributed by atoms with van der Waals surface area (Å²) in [4.78, 5) is 30.4. The summed E-state index contributed by atoms with van der Waals surface area (Å²) >= 11 is 0. The van der Waals surface area contributed by atoms with Gasteiger partial charge in [-0.2, -0.15) is 9.78 Å². The summed E-state index contributed by atoms with van der Waals surface area (Å²) in [5, 5.41) is 5.19. The first kappa shape index (κ1) is 27.1. The molecular formula is C30H35N3O5. The number of hydrogen-bond acceptors (Lipinski definition) is 7. The SMILES string of the molecule is C=CCc1cc(C=Nn2c(C3CCCCC3)nc3ccccc3c2=O)cc(OCC)c1O[C@@H](C)C(=O)OC. The quantitative estimate of drug-likeness (QED) is 0.203. The van der Waals surface area contributed by atoms with Gasteiger partial charge in [-0.05, 0) is 62.9 Å². The number of hydrogen-bond donors (Lipinski definition) is 0. The fraction of sp³-hybridized carbons (Fsp3) is 0.400. The number of nitrogens with zero attached hydrogens (tertiary/aromatic N) is 3. The second kappa shape index (κ2) is 12.5. The Bertz CT molecular complexity index is 1390. The maximum absolute atomic E-state index is 13.5. The Balaban J connectivity index is 1.79. The highest BCUT2D eigenvalue weighted by Gasteiger charge is 2.23. The Morgan fingerprint density at radius 3 is 2.71 bits per heavy atom. The third kappa shape index (κ3) is 5.96. The third-order valence-electron chi connectivity index (χ3n) is 6.72. The largest absolute Gasteiger partial charge is 0.490 e. The van der Waals surface area contributed by atoms with Crippen LogP contribution in [0.25, 0.3) is 10.9 Å². The predicted octanol–water partition coefficient (Wildman–Crippen LogP) is 5.39. The molecule has 0 N–H and O–H groups in total. The number of aromatic nitrogens is 2. The monoisotopic (exact) mass is 517 g/mol. The van der Waals surface area contributed by atoms with Crippen LogP contribution in [0.2, 0.25) is 0 Å². The van der Waals surface area contributed by atoms with Crippen molar-refractivity contribution in [2.75, 3.05) is 13.7 Å². The van der Waals surface area contributed by atoms with Gasteiger partial charge in [0.1, 0.15) is 5.82 Å². The van der Waals surface area contributed by atoms with Crippen LogP contribution in [0.3, 0.4) is 0 Å². The Kier molecular flexibility index (Phi) is 8.94. The van der Waals surface area contributed by atoms with Crippen molar-refractivity contribution in [3.63, 3.8) is 0 Å². The number of para-hydroxylation sites is 1. The topological polar surface area (TPSA) is 92.0 Å². The lowest BCUT2D eigenvalue weighted by Gasteiger charge is -2.22. The van der Waals surface area contributed by atoms with Crippen LogP contribution in [-0.2, 0) is 16.0 Å². The number of fused-ring (bicyclic) bond motifs is 1. The maximum Gasteiger partial charge on any atom is 0.346 e. The Morgan fingerprint density at radius 2 is 2.00 bits per heavy atom. The van der Waals surface area contributed by atoms with E-state index in [0.29, 0.717) is 41.3 Å². The van der Waals surface area contributed by atoms with E-state index >= 15 is 0 Å². The molecule has 1 aliphatic carbocycles. The van der Waals surface area contributed by atoms with Crippen molar-refractivity contribution in [1.82, 2.24) is 9.66 Å². The van der Waals surface area contributed by atoms with Gasteiger partial charge in [0.15, 0.2) is 17.6 Å². The smallest absolute Gasteiger partial charge is 0.346 e. The molecular weight excluding hydrogens is 482 g/mol. The zero-order chi connectivity index (χ0) is 27.1. The van der Waals surface area contributed by atoms with Crippen molar-refractivity contribution >= 4 is 23.1 Å². The summed E-state index contributed by atoms with van der Waals surface area (Å²) < 4.78 is 18.1. The molecule has 8 heteroatoms.